The van der Waals surface area contributed by atoms with Crippen molar-refractivity contribution in [1.82, 2.24) is 5.32 Å². The zero-order chi connectivity index (χ0) is 21.1. The normalized spacial score (nSPS) is 14.7. The molecule has 6 heteroatoms. The number of carbonyl (C=O) groups excluding carboxylic acids is 1. The van der Waals surface area contributed by atoms with E-state index in [0.29, 0.717) is 36.6 Å². The van der Waals surface area contributed by atoms with E-state index in [9.17, 15) is 14.7 Å². The van der Waals surface area contributed by atoms with Crippen LogP contribution in [0.1, 0.15) is 35.2 Å². The van der Waals surface area contributed by atoms with Gasteiger partial charge in [0.25, 0.3) is 5.91 Å². The highest BCUT2D eigenvalue weighted by Crippen LogP contribution is 2.37. The number of rotatable bonds is 7. The van der Waals surface area contributed by atoms with Crippen LogP contribution in [0.25, 0.3) is 10.8 Å². The van der Waals surface area contributed by atoms with Gasteiger partial charge in [0.15, 0.2) is 0 Å². The number of carboxylic acids is 1. The maximum atomic E-state index is 13.1. The predicted molar refractivity (Wildman–Crippen MR) is 116 cm³/mol. The van der Waals surface area contributed by atoms with Gasteiger partial charge in [-0.05, 0) is 30.9 Å². The molecule has 1 saturated carbocycles. The minimum Gasteiger partial charge on any atom is -0.492 e. The Morgan fingerprint density at radius 2 is 1.70 bits per heavy atom. The van der Waals surface area contributed by atoms with Crippen LogP contribution in [0, 0.1) is 0 Å². The van der Waals surface area contributed by atoms with Crippen molar-refractivity contribution in [1.29, 1.82) is 0 Å². The molecular weight excluding hydrogens is 402 g/mol. The molecule has 1 fully saturated rings. The fourth-order valence-electron chi connectivity index (χ4n) is 3.75. The molecule has 0 bridgehead atoms. The van der Waals surface area contributed by atoms with Gasteiger partial charge in [-0.15, -0.1) is 0 Å². The third-order valence-electron chi connectivity index (χ3n) is 5.64. The summed E-state index contributed by atoms with van der Waals surface area (Å²) in [6, 6.07) is 18.9. The number of amides is 1. The molecule has 0 radical (unpaired) electrons. The summed E-state index contributed by atoms with van der Waals surface area (Å²) in [4.78, 5) is 24.8. The Morgan fingerprint density at radius 1 is 1.03 bits per heavy atom. The van der Waals surface area contributed by atoms with Crippen molar-refractivity contribution >= 4 is 34.2 Å². The summed E-state index contributed by atoms with van der Waals surface area (Å²) in [7, 11) is 0. The Labute approximate surface area is 179 Å². The van der Waals surface area contributed by atoms with Crippen LogP contribution in [0.2, 0.25) is 5.02 Å². The monoisotopic (exact) mass is 423 g/mol. The van der Waals surface area contributed by atoms with Gasteiger partial charge < -0.3 is 15.2 Å². The summed E-state index contributed by atoms with van der Waals surface area (Å²) in [5.74, 6) is -1.08. The van der Waals surface area contributed by atoms with Crippen LogP contribution >= 0.6 is 11.6 Å². The SMILES string of the molecule is O=C(NC1(C(=O)O)CCC1)c1cc(Cl)c2ccccc2c1OCCc1ccccc1. The molecule has 2 N–H and O–H groups in total. The minimum absolute atomic E-state index is 0.249. The topological polar surface area (TPSA) is 75.6 Å². The molecule has 0 aliphatic heterocycles. The maximum absolute atomic E-state index is 13.1. The first kappa shape index (κ1) is 20.2. The average molecular weight is 424 g/mol. The first-order chi connectivity index (χ1) is 14.5. The highest BCUT2D eigenvalue weighted by Gasteiger charge is 2.46. The number of halogens is 1. The van der Waals surface area contributed by atoms with Crippen LogP contribution < -0.4 is 10.1 Å². The van der Waals surface area contributed by atoms with E-state index in [0.717, 1.165) is 22.8 Å². The molecule has 0 atom stereocenters. The second-order valence-corrected chi connectivity index (χ2v) is 7.97. The number of nitrogens with one attached hydrogen (secondary N) is 1. The molecule has 5 nitrogen and oxygen atoms in total. The van der Waals surface area contributed by atoms with E-state index in [4.69, 9.17) is 16.3 Å². The molecule has 0 unspecified atom stereocenters. The van der Waals surface area contributed by atoms with E-state index < -0.39 is 17.4 Å². The molecular formula is C24H22ClNO4. The maximum Gasteiger partial charge on any atom is 0.329 e. The van der Waals surface area contributed by atoms with Crippen molar-refractivity contribution < 1.29 is 19.4 Å². The van der Waals surface area contributed by atoms with Gasteiger partial charge in [0.1, 0.15) is 11.3 Å². The molecule has 0 aromatic heterocycles. The molecule has 1 aliphatic rings. The number of fused-ring (bicyclic) bond motifs is 1. The van der Waals surface area contributed by atoms with E-state index in [2.05, 4.69) is 5.32 Å². The standard InChI is InChI=1S/C24H22ClNO4/c25-20-15-19(22(27)26-24(23(28)29)12-6-13-24)21(18-10-5-4-9-17(18)20)30-14-11-16-7-2-1-3-8-16/h1-5,7-10,15H,6,11-14H2,(H,26,27)(H,28,29). The van der Waals surface area contributed by atoms with Crippen molar-refractivity contribution in [3.05, 3.63) is 76.8 Å². The smallest absolute Gasteiger partial charge is 0.329 e. The molecule has 3 aromatic carbocycles. The van der Waals surface area contributed by atoms with E-state index in [1.807, 2.05) is 54.6 Å². The minimum atomic E-state index is -1.21. The third-order valence-corrected chi connectivity index (χ3v) is 5.95. The summed E-state index contributed by atoms with van der Waals surface area (Å²) in [6.07, 6.45) is 2.28. The fourth-order valence-corrected chi connectivity index (χ4v) is 4.03. The van der Waals surface area contributed by atoms with Crippen LogP contribution in [0.15, 0.2) is 60.7 Å². The summed E-state index contributed by atoms with van der Waals surface area (Å²) in [5.41, 5.74) is 0.164. The fraction of sp³-hybridized carbons (Fsp3) is 0.250. The van der Waals surface area contributed by atoms with Crippen molar-refractivity contribution in [2.24, 2.45) is 0 Å². The second kappa shape index (κ2) is 8.36. The first-order valence-electron chi connectivity index (χ1n) is 9.94. The lowest BCUT2D eigenvalue weighted by atomic mass is 9.76. The van der Waals surface area contributed by atoms with Crippen molar-refractivity contribution in [3.63, 3.8) is 0 Å². The molecule has 1 amide bonds. The zero-order valence-electron chi connectivity index (χ0n) is 16.4. The molecule has 154 valence electrons. The lowest BCUT2D eigenvalue weighted by molar-refractivity contribution is -0.148. The Bertz CT molecular complexity index is 1090. The Kier molecular flexibility index (Phi) is 5.64. The number of benzene rings is 3. The molecule has 0 spiro atoms. The number of hydrogen-bond donors (Lipinski definition) is 2. The zero-order valence-corrected chi connectivity index (χ0v) is 17.1. The van der Waals surface area contributed by atoms with Crippen LogP contribution in [0.3, 0.4) is 0 Å². The van der Waals surface area contributed by atoms with Gasteiger partial charge in [-0.1, -0.05) is 66.2 Å². The molecule has 0 saturated heterocycles. The van der Waals surface area contributed by atoms with Crippen LogP contribution in [0.5, 0.6) is 5.75 Å². The van der Waals surface area contributed by atoms with Crippen molar-refractivity contribution in [2.75, 3.05) is 6.61 Å². The third kappa shape index (κ3) is 3.85. The van der Waals surface area contributed by atoms with Gasteiger partial charge >= 0.3 is 5.97 Å². The number of carbonyl (C=O) groups is 2. The van der Waals surface area contributed by atoms with Crippen LogP contribution in [-0.4, -0.2) is 29.1 Å². The van der Waals surface area contributed by atoms with Crippen LogP contribution in [0.4, 0.5) is 0 Å². The van der Waals surface area contributed by atoms with Gasteiger partial charge in [0.05, 0.1) is 12.2 Å². The molecule has 1 aliphatic carbocycles. The van der Waals surface area contributed by atoms with Gasteiger partial charge in [0.2, 0.25) is 0 Å². The van der Waals surface area contributed by atoms with Gasteiger partial charge in [-0.25, -0.2) is 4.79 Å². The first-order valence-corrected chi connectivity index (χ1v) is 10.3. The van der Waals surface area contributed by atoms with Gasteiger partial charge in [-0.3, -0.25) is 4.79 Å². The van der Waals surface area contributed by atoms with E-state index in [1.54, 1.807) is 6.07 Å². The predicted octanol–water partition coefficient (Wildman–Crippen LogP) is 4.85. The number of ether oxygens (including phenoxy) is 1. The molecule has 0 heterocycles. The van der Waals surface area contributed by atoms with E-state index in [-0.39, 0.29) is 5.56 Å². The second-order valence-electron chi connectivity index (χ2n) is 7.56. The van der Waals surface area contributed by atoms with E-state index >= 15 is 0 Å². The summed E-state index contributed by atoms with van der Waals surface area (Å²) in [6.45, 7) is 0.375. The molecule has 4 rings (SSSR count). The lowest BCUT2D eigenvalue weighted by Crippen LogP contribution is -2.59. The number of hydrogen-bond acceptors (Lipinski definition) is 3. The van der Waals surface area contributed by atoms with Crippen molar-refractivity contribution in [2.45, 2.75) is 31.2 Å². The van der Waals surface area contributed by atoms with Gasteiger partial charge in [-0.2, -0.15) is 0 Å². The highest BCUT2D eigenvalue weighted by atomic mass is 35.5. The number of carboxylic acid groups (broad SMARTS) is 1. The van der Waals surface area contributed by atoms with Crippen LogP contribution in [-0.2, 0) is 11.2 Å². The highest BCUT2D eigenvalue weighted by molar-refractivity contribution is 6.36. The number of aliphatic carboxylic acids is 1. The van der Waals surface area contributed by atoms with Gasteiger partial charge in [0, 0.05) is 22.2 Å². The Balaban J connectivity index is 1.66. The lowest BCUT2D eigenvalue weighted by Gasteiger charge is -2.38. The summed E-state index contributed by atoms with van der Waals surface area (Å²) in [5, 5.41) is 14.2. The van der Waals surface area contributed by atoms with E-state index in [1.165, 1.54) is 0 Å². The average Bonchev–Trinajstić information content (AvgIpc) is 2.72. The molecule has 3 aromatic rings. The van der Waals surface area contributed by atoms with Crippen molar-refractivity contribution in [3.8, 4) is 5.75 Å². The Morgan fingerprint density at radius 3 is 2.33 bits per heavy atom. The summed E-state index contributed by atoms with van der Waals surface area (Å²) >= 11 is 6.44. The summed E-state index contributed by atoms with van der Waals surface area (Å²) < 4.78 is 6.09. The molecule has 30 heavy (non-hydrogen) atoms. The Hall–Kier alpha value is -3.05. The largest absolute Gasteiger partial charge is 0.492 e. The quantitative estimate of drug-likeness (QED) is 0.569.